The summed E-state index contributed by atoms with van der Waals surface area (Å²) >= 11 is 1.79. The zero-order chi connectivity index (χ0) is 22.0. The van der Waals surface area contributed by atoms with Crippen molar-refractivity contribution in [1.29, 1.82) is 0 Å². The molecular weight excluding hydrogens is 384 g/mol. The topological polar surface area (TPSA) is 67.8 Å². The molecule has 0 aliphatic heterocycles. The molecule has 0 aromatic heterocycles. The van der Waals surface area contributed by atoms with Gasteiger partial charge in [-0.15, -0.1) is 0 Å². The van der Waals surface area contributed by atoms with Gasteiger partial charge in [0.25, 0.3) is 0 Å². The molecule has 0 saturated heterocycles. The van der Waals surface area contributed by atoms with Crippen molar-refractivity contribution in [2.45, 2.75) is 77.7 Å². The highest BCUT2D eigenvalue weighted by atomic mass is 32.2. The number of amides is 1. The van der Waals surface area contributed by atoms with E-state index in [9.17, 15) is 9.59 Å². The fourth-order valence-electron chi connectivity index (χ4n) is 2.83. The summed E-state index contributed by atoms with van der Waals surface area (Å²) in [6, 6.07) is 7.59. The number of hydrogen-bond acceptors (Lipinski definition) is 5. The van der Waals surface area contributed by atoms with Crippen LogP contribution in [0.25, 0.3) is 0 Å². The molecule has 0 spiro atoms. The lowest BCUT2D eigenvalue weighted by atomic mass is 10.1. The molecule has 5 nitrogen and oxygen atoms in total. The monoisotopic (exact) mass is 420 g/mol. The smallest absolute Gasteiger partial charge is 0.241 e. The van der Waals surface area contributed by atoms with Gasteiger partial charge in [0.2, 0.25) is 5.91 Å². The van der Waals surface area contributed by atoms with Gasteiger partial charge in [0.05, 0.1) is 12.3 Å². The van der Waals surface area contributed by atoms with Crippen molar-refractivity contribution in [3.63, 3.8) is 0 Å². The first kappa shape index (κ1) is 25.2. The van der Waals surface area contributed by atoms with Crippen LogP contribution in [0.15, 0.2) is 29.4 Å². The number of nitrogens with one attached hydrogen (secondary N) is 1. The lowest BCUT2D eigenvalue weighted by Crippen LogP contribution is -2.29. The maximum absolute atomic E-state index is 12.2. The molecule has 1 aromatic carbocycles. The zero-order valence-electron chi connectivity index (χ0n) is 18.9. The highest BCUT2D eigenvalue weighted by Crippen LogP contribution is 2.31. The Bertz CT molecular complexity index is 695. The van der Waals surface area contributed by atoms with E-state index in [0.717, 1.165) is 23.4 Å². The molecule has 0 radical (unpaired) electrons. The van der Waals surface area contributed by atoms with E-state index in [1.165, 1.54) is 0 Å². The molecule has 0 aliphatic rings. The Hall–Kier alpha value is -1.82. The first-order valence-corrected chi connectivity index (χ1v) is 11.1. The summed E-state index contributed by atoms with van der Waals surface area (Å²) < 4.78 is 5.57. The normalized spacial score (nSPS) is 12.4. The number of Topliss-reactive ketones (excluding diaryl/α,β-unsaturated/α-hetero) is 1. The number of hydrogen-bond donors (Lipinski definition) is 1. The minimum absolute atomic E-state index is 0.0806. The van der Waals surface area contributed by atoms with Crippen molar-refractivity contribution in [3.05, 3.63) is 29.8 Å². The maximum atomic E-state index is 12.2. The first-order valence-electron chi connectivity index (χ1n) is 10.3. The molecule has 1 amide bonds. The number of hydrazone groups is 1. The van der Waals surface area contributed by atoms with E-state index in [1.54, 1.807) is 11.8 Å². The third-order valence-corrected chi connectivity index (χ3v) is 5.50. The van der Waals surface area contributed by atoms with Gasteiger partial charge < -0.3 is 4.74 Å². The molecule has 1 N–H and O–H groups in total. The van der Waals surface area contributed by atoms with Gasteiger partial charge in [0, 0.05) is 23.5 Å². The predicted octanol–water partition coefficient (Wildman–Crippen LogP) is 5.22. The first-order chi connectivity index (χ1) is 13.5. The molecule has 1 aromatic rings. The van der Waals surface area contributed by atoms with Crippen LogP contribution in [0.3, 0.4) is 0 Å². The number of nitrogens with zero attached hydrogens (tertiary/aromatic N) is 1. The van der Waals surface area contributed by atoms with E-state index < -0.39 is 0 Å². The lowest BCUT2D eigenvalue weighted by molar-refractivity contribution is -0.122. The Labute approximate surface area is 180 Å². The van der Waals surface area contributed by atoms with Crippen molar-refractivity contribution in [2.24, 2.45) is 11.0 Å². The predicted molar refractivity (Wildman–Crippen MR) is 123 cm³/mol. The SMILES string of the molecule is C/C(=N\NC(=O)CC(C)(C)SC(C)C)c1ccc(OCCCC(=O)C(C)C)cc1. The average molecular weight is 421 g/mol. The number of carbonyl (C=O) groups excluding carboxylic acids is 2. The molecule has 0 atom stereocenters. The number of rotatable bonds is 12. The van der Waals surface area contributed by atoms with Gasteiger partial charge in [0.15, 0.2) is 0 Å². The van der Waals surface area contributed by atoms with Crippen LogP contribution in [0, 0.1) is 5.92 Å². The van der Waals surface area contributed by atoms with Crippen LogP contribution in [0.1, 0.15) is 73.3 Å². The second kappa shape index (κ2) is 12.0. The summed E-state index contributed by atoms with van der Waals surface area (Å²) in [5.74, 6) is 1.02. The summed E-state index contributed by atoms with van der Waals surface area (Å²) in [5, 5.41) is 4.70. The molecule has 1 rings (SSSR count). The fraction of sp³-hybridized carbons (Fsp3) is 0.609. The number of ether oxygens (including phenoxy) is 1. The number of carbonyl (C=O) groups is 2. The van der Waals surface area contributed by atoms with E-state index in [0.29, 0.717) is 24.7 Å². The van der Waals surface area contributed by atoms with Gasteiger partial charge in [-0.1, -0.05) is 41.5 Å². The van der Waals surface area contributed by atoms with Gasteiger partial charge in [-0.2, -0.15) is 16.9 Å². The zero-order valence-corrected chi connectivity index (χ0v) is 19.7. The minimum Gasteiger partial charge on any atom is -0.494 e. The van der Waals surface area contributed by atoms with Crippen LogP contribution < -0.4 is 10.2 Å². The third-order valence-electron chi connectivity index (χ3n) is 4.24. The largest absolute Gasteiger partial charge is 0.494 e. The molecule has 0 aliphatic carbocycles. The molecule has 6 heteroatoms. The Morgan fingerprint density at radius 2 is 1.76 bits per heavy atom. The lowest BCUT2D eigenvalue weighted by Gasteiger charge is -2.25. The Kier molecular flexibility index (Phi) is 10.4. The van der Waals surface area contributed by atoms with Crippen molar-refractivity contribution in [2.75, 3.05) is 6.61 Å². The standard InChI is InChI=1S/C23H36N2O3S/c1-16(2)21(26)9-8-14-28-20-12-10-19(11-13-20)18(5)24-25-22(27)15-23(6,7)29-17(3)4/h10-13,16-17H,8-9,14-15H2,1-7H3,(H,25,27)/b24-18+. The van der Waals surface area contributed by atoms with Gasteiger partial charge in [-0.25, -0.2) is 5.43 Å². The van der Waals surface area contributed by atoms with Gasteiger partial charge in [0.1, 0.15) is 11.5 Å². The molecule has 0 bridgehead atoms. The summed E-state index contributed by atoms with van der Waals surface area (Å²) in [6.07, 6.45) is 1.68. The van der Waals surface area contributed by atoms with Crippen LogP contribution in [0.5, 0.6) is 5.75 Å². The van der Waals surface area contributed by atoms with E-state index in [2.05, 4.69) is 38.2 Å². The van der Waals surface area contributed by atoms with Crippen molar-refractivity contribution in [3.8, 4) is 5.75 Å². The van der Waals surface area contributed by atoms with Crippen LogP contribution in [0.2, 0.25) is 0 Å². The van der Waals surface area contributed by atoms with E-state index >= 15 is 0 Å². The molecule has 29 heavy (non-hydrogen) atoms. The van der Waals surface area contributed by atoms with E-state index in [4.69, 9.17) is 4.74 Å². The van der Waals surface area contributed by atoms with Crippen molar-refractivity contribution >= 4 is 29.2 Å². The van der Waals surface area contributed by atoms with Gasteiger partial charge in [-0.05, 0) is 48.4 Å². The molecule has 0 unspecified atom stereocenters. The van der Waals surface area contributed by atoms with E-state index in [-0.39, 0.29) is 22.4 Å². The van der Waals surface area contributed by atoms with Crippen molar-refractivity contribution < 1.29 is 14.3 Å². The second-order valence-electron chi connectivity index (χ2n) is 8.43. The molecule has 162 valence electrons. The molecular formula is C23H36N2O3S. The second-order valence-corrected chi connectivity index (χ2v) is 10.7. The Balaban J connectivity index is 2.49. The number of ketones is 1. The van der Waals surface area contributed by atoms with E-state index in [1.807, 2.05) is 45.0 Å². The Morgan fingerprint density at radius 3 is 2.31 bits per heavy atom. The van der Waals surface area contributed by atoms with Gasteiger partial charge >= 0.3 is 0 Å². The minimum atomic E-state index is -0.125. The summed E-state index contributed by atoms with van der Waals surface area (Å²) in [7, 11) is 0. The number of thioether (sulfide) groups is 1. The summed E-state index contributed by atoms with van der Waals surface area (Å²) in [6.45, 7) is 14.6. The van der Waals surface area contributed by atoms with Gasteiger partial charge in [-0.3, -0.25) is 9.59 Å². The third kappa shape index (κ3) is 10.5. The maximum Gasteiger partial charge on any atom is 0.241 e. The van der Waals surface area contributed by atoms with Crippen LogP contribution >= 0.6 is 11.8 Å². The quantitative estimate of drug-likeness (QED) is 0.286. The summed E-state index contributed by atoms with van der Waals surface area (Å²) in [5.41, 5.74) is 4.32. The molecule has 0 saturated carbocycles. The number of benzene rings is 1. The van der Waals surface area contributed by atoms with Crippen LogP contribution in [0.4, 0.5) is 0 Å². The average Bonchev–Trinajstić information content (AvgIpc) is 2.61. The van der Waals surface area contributed by atoms with Crippen molar-refractivity contribution in [1.82, 2.24) is 5.43 Å². The molecule has 0 heterocycles. The molecule has 0 fully saturated rings. The van der Waals surface area contributed by atoms with Crippen LogP contribution in [-0.2, 0) is 9.59 Å². The van der Waals surface area contributed by atoms with Crippen LogP contribution in [-0.4, -0.2) is 34.0 Å². The highest BCUT2D eigenvalue weighted by Gasteiger charge is 2.23. The summed E-state index contributed by atoms with van der Waals surface area (Å²) in [4.78, 5) is 23.8. The fourth-order valence-corrected chi connectivity index (χ4v) is 4.32. The highest BCUT2D eigenvalue weighted by molar-refractivity contribution is 8.01. The Morgan fingerprint density at radius 1 is 1.14 bits per heavy atom.